The van der Waals surface area contributed by atoms with Gasteiger partial charge < -0.3 is 4.90 Å². The summed E-state index contributed by atoms with van der Waals surface area (Å²) in [5.74, 6) is 0.886. The first-order valence-corrected chi connectivity index (χ1v) is 13.0. The standard InChI is InChI=1S/C24H22N2O3S2/c1-16(27)18-8-5-10-20(12-18)26-23-15-31(28,29)14-22(23)25-24(26)30-13-19-9-4-7-17-6-2-3-11-21(17)19/h2-12,22-23H,13-15H2,1H3/t22-,23+/m1/s1. The lowest BCUT2D eigenvalue weighted by atomic mass is 10.1. The molecule has 2 aliphatic rings. The Bertz CT molecular complexity index is 1310. The van der Waals surface area contributed by atoms with Gasteiger partial charge in [0.05, 0.1) is 23.6 Å². The van der Waals surface area contributed by atoms with Crippen molar-refractivity contribution in [1.29, 1.82) is 0 Å². The van der Waals surface area contributed by atoms with Gasteiger partial charge in [-0.3, -0.25) is 9.79 Å². The van der Waals surface area contributed by atoms with Crippen LogP contribution in [0.2, 0.25) is 0 Å². The highest BCUT2D eigenvalue weighted by atomic mass is 32.2. The van der Waals surface area contributed by atoms with Gasteiger partial charge in [0.2, 0.25) is 0 Å². The molecule has 2 aliphatic heterocycles. The molecule has 2 atom stereocenters. The van der Waals surface area contributed by atoms with Crippen LogP contribution in [0, 0.1) is 0 Å². The Morgan fingerprint density at radius 3 is 2.68 bits per heavy atom. The Labute approximate surface area is 186 Å². The van der Waals surface area contributed by atoms with Gasteiger partial charge in [-0.2, -0.15) is 0 Å². The Hall–Kier alpha value is -2.64. The number of nitrogens with zero attached hydrogens (tertiary/aromatic N) is 2. The number of fused-ring (bicyclic) bond motifs is 2. The molecule has 0 spiro atoms. The molecule has 0 aromatic heterocycles. The average Bonchev–Trinajstić information content (AvgIpc) is 3.23. The van der Waals surface area contributed by atoms with Crippen LogP contribution in [0.5, 0.6) is 0 Å². The monoisotopic (exact) mass is 450 g/mol. The molecule has 0 N–H and O–H groups in total. The second-order valence-electron chi connectivity index (χ2n) is 8.03. The summed E-state index contributed by atoms with van der Waals surface area (Å²) in [6, 6.07) is 21.5. The molecule has 0 radical (unpaired) electrons. The van der Waals surface area contributed by atoms with E-state index in [0.717, 1.165) is 16.6 Å². The second-order valence-corrected chi connectivity index (χ2v) is 11.1. The number of anilines is 1. The minimum Gasteiger partial charge on any atom is -0.315 e. The summed E-state index contributed by atoms with van der Waals surface area (Å²) in [6.07, 6.45) is 0. The molecule has 158 valence electrons. The molecule has 3 aromatic rings. The van der Waals surface area contributed by atoms with Crippen LogP contribution in [0.15, 0.2) is 71.7 Å². The van der Waals surface area contributed by atoms with Gasteiger partial charge in [-0.05, 0) is 35.4 Å². The van der Waals surface area contributed by atoms with E-state index in [-0.39, 0.29) is 29.4 Å². The average molecular weight is 451 g/mol. The quantitative estimate of drug-likeness (QED) is 0.554. The largest absolute Gasteiger partial charge is 0.315 e. The van der Waals surface area contributed by atoms with Crippen LogP contribution >= 0.6 is 11.8 Å². The molecule has 5 rings (SSSR count). The van der Waals surface area contributed by atoms with E-state index in [4.69, 9.17) is 4.99 Å². The molecular formula is C24H22N2O3S2. The number of Topliss-reactive ketones (excluding diaryl/α,β-unsaturated/α-hetero) is 1. The molecule has 1 fully saturated rings. The lowest BCUT2D eigenvalue weighted by molar-refractivity contribution is 0.101. The molecule has 0 unspecified atom stereocenters. The van der Waals surface area contributed by atoms with E-state index in [1.165, 1.54) is 23.3 Å². The zero-order chi connectivity index (χ0) is 21.6. The molecular weight excluding hydrogens is 428 g/mol. The fourth-order valence-electron chi connectivity index (χ4n) is 4.37. The molecule has 0 aliphatic carbocycles. The summed E-state index contributed by atoms with van der Waals surface area (Å²) in [6.45, 7) is 1.54. The summed E-state index contributed by atoms with van der Waals surface area (Å²) >= 11 is 1.62. The van der Waals surface area contributed by atoms with Crippen LogP contribution in [0.25, 0.3) is 10.8 Å². The van der Waals surface area contributed by atoms with E-state index in [2.05, 4.69) is 30.3 Å². The molecule has 2 heterocycles. The fraction of sp³-hybridized carbons (Fsp3) is 0.250. The number of ketones is 1. The number of amidine groups is 1. The fourth-order valence-corrected chi connectivity index (χ4v) is 7.34. The van der Waals surface area contributed by atoms with Gasteiger partial charge in [0.15, 0.2) is 20.8 Å². The predicted octanol–water partition coefficient (Wildman–Crippen LogP) is 4.32. The van der Waals surface area contributed by atoms with Crippen molar-refractivity contribution in [3.8, 4) is 0 Å². The lowest BCUT2D eigenvalue weighted by Crippen LogP contribution is -2.39. The van der Waals surface area contributed by atoms with Crippen LogP contribution in [-0.4, -0.2) is 43.0 Å². The zero-order valence-electron chi connectivity index (χ0n) is 17.1. The number of sulfone groups is 1. The number of rotatable bonds is 4. The van der Waals surface area contributed by atoms with Crippen LogP contribution < -0.4 is 4.90 Å². The number of carbonyl (C=O) groups excluding carboxylic acids is 1. The van der Waals surface area contributed by atoms with Crippen molar-refractivity contribution < 1.29 is 13.2 Å². The van der Waals surface area contributed by atoms with Gasteiger partial charge in [-0.15, -0.1) is 0 Å². The molecule has 3 aromatic carbocycles. The number of aliphatic imine (C=N–C) groups is 1. The highest BCUT2D eigenvalue weighted by molar-refractivity contribution is 8.13. The third-order valence-electron chi connectivity index (χ3n) is 5.88. The van der Waals surface area contributed by atoms with Gasteiger partial charge in [0.1, 0.15) is 0 Å². The Kier molecular flexibility index (Phi) is 5.10. The van der Waals surface area contributed by atoms with Crippen molar-refractivity contribution in [2.24, 2.45) is 4.99 Å². The van der Waals surface area contributed by atoms with Crippen LogP contribution in [0.4, 0.5) is 5.69 Å². The maximum absolute atomic E-state index is 12.3. The molecule has 7 heteroatoms. The van der Waals surface area contributed by atoms with Crippen LogP contribution in [0.3, 0.4) is 0 Å². The lowest BCUT2D eigenvalue weighted by Gasteiger charge is -2.27. The van der Waals surface area contributed by atoms with Crippen molar-refractivity contribution in [2.75, 3.05) is 16.4 Å². The van der Waals surface area contributed by atoms with E-state index < -0.39 is 9.84 Å². The molecule has 5 nitrogen and oxygen atoms in total. The number of hydrogen-bond donors (Lipinski definition) is 0. The van der Waals surface area contributed by atoms with Crippen molar-refractivity contribution >= 4 is 49.0 Å². The van der Waals surface area contributed by atoms with E-state index in [1.807, 2.05) is 35.2 Å². The van der Waals surface area contributed by atoms with E-state index in [9.17, 15) is 13.2 Å². The van der Waals surface area contributed by atoms with E-state index in [1.54, 1.807) is 17.8 Å². The normalized spacial score (nSPS) is 21.8. The smallest absolute Gasteiger partial charge is 0.164 e. The highest BCUT2D eigenvalue weighted by Gasteiger charge is 2.47. The van der Waals surface area contributed by atoms with Crippen molar-refractivity contribution in [2.45, 2.75) is 24.8 Å². The molecule has 0 amide bonds. The Morgan fingerprint density at radius 1 is 1.06 bits per heavy atom. The summed E-state index contributed by atoms with van der Waals surface area (Å²) in [5.41, 5.74) is 2.65. The van der Waals surface area contributed by atoms with Gasteiger partial charge in [0.25, 0.3) is 0 Å². The van der Waals surface area contributed by atoms with E-state index >= 15 is 0 Å². The number of carbonyl (C=O) groups is 1. The summed E-state index contributed by atoms with van der Waals surface area (Å²) in [5, 5.41) is 3.23. The zero-order valence-corrected chi connectivity index (χ0v) is 18.7. The first-order valence-electron chi connectivity index (χ1n) is 10.2. The van der Waals surface area contributed by atoms with Gasteiger partial charge >= 0.3 is 0 Å². The summed E-state index contributed by atoms with van der Waals surface area (Å²) < 4.78 is 24.5. The molecule has 0 saturated carbocycles. The van der Waals surface area contributed by atoms with Gasteiger partial charge in [-0.25, -0.2) is 8.42 Å². The summed E-state index contributed by atoms with van der Waals surface area (Å²) in [4.78, 5) is 18.8. The number of benzene rings is 3. The van der Waals surface area contributed by atoms with Crippen LogP contribution in [0.1, 0.15) is 22.8 Å². The minimum atomic E-state index is -3.12. The van der Waals surface area contributed by atoms with Crippen molar-refractivity contribution in [1.82, 2.24) is 0 Å². The predicted molar refractivity (Wildman–Crippen MR) is 128 cm³/mol. The second kappa shape index (κ2) is 7.80. The summed E-state index contributed by atoms with van der Waals surface area (Å²) in [7, 11) is -3.12. The first kappa shape index (κ1) is 20.3. The minimum absolute atomic E-state index is 0.0152. The topological polar surface area (TPSA) is 66.8 Å². The molecule has 1 saturated heterocycles. The number of hydrogen-bond acceptors (Lipinski definition) is 6. The van der Waals surface area contributed by atoms with Crippen molar-refractivity contribution in [3.63, 3.8) is 0 Å². The number of thioether (sulfide) groups is 1. The van der Waals surface area contributed by atoms with E-state index in [0.29, 0.717) is 5.56 Å². The van der Waals surface area contributed by atoms with Gasteiger partial charge in [-0.1, -0.05) is 66.4 Å². The third kappa shape index (κ3) is 3.88. The Morgan fingerprint density at radius 2 is 1.84 bits per heavy atom. The SMILES string of the molecule is CC(=O)c1cccc(N2C(SCc3cccc4ccccc34)=N[C@@H]3CS(=O)(=O)C[C@@H]32)c1. The third-order valence-corrected chi connectivity index (χ3v) is 8.59. The van der Waals surface area contributed by atoms with Crippen molar-refractivity contribution in [3.05, 3.63) is 77.9 Å². The maximum Gasteiger partial charge on any atom is 0.164 e. The Balaban J connectivity index is 1.48. The van der Waals surface area contributed by atoms with Crippen LogP contribution in [-0.2, 0) is 15.6 Å². The molecule has 31 heavy (non-hydrogen) atoms. The molecule has 0 bridgehead atoms. The van der Waals surface area contributed by atoms with Gasteiger partial charge in [0, 0.05) is 17.0 Å². The highest BCUT2D eigenvalue weighted by Crippen LogP contribution is 2.36. The maximum atomic E-state index is 12.3. The first-order chi connectivity index (χ1) is 14.9.